The normalized spacial score (nSPS) is 10.6. The van der Waals surface area contributed by atoms with E-state index in [1.54, 1.807) is 0 Å². The molecule has 0 spiro atoms. The number of hydrogen-bond donors (Lipinski definition) is 0. The molecule has 1 aromatic rings. The quantitative estimate of drug-likeness (QED) is 0.388. The van der Waals surface area contributed by atoms with E-state index < -0.39 is 8.07 Å². The van der Waals surface area contributed by atoms with Gasteiger partial charge in [-0.2, -0.15) is 0 Å². The zero-order chi connectivity index (χ0) is 10.6. The molecule has 74 valence electrons. The summed E-state index contributed by atoms with van der Waals surface area (Å²) in [5.74, 6) is 3.28. The van der Waals surface area contributed by atoms with Gasteiger partial charge in [0.1, 0.15) is 8.07 Å². The average molecular weight is 220 g/mol. The highest BCUT2D eigenvalue weighted by Crippen LogP contribution is 2.02. The largest absolute Gasteiger partial charge is 0.132 e. The Labute approximate surface area is 90.3 Å². The Kier molecular flexibility index (Phi) is 3.93. The molecule has 0 aromatic heterocycles. The predicted octanol–water partition coefficient (Wildman–Crippen LogP) is 2.61. The van der Waals surface area contributed by atoms with Crippen molar-refractivity contribution in [1.82, 2.24) is 0 Å². The molecule has 0 heterocycles. The maximum atomic E-state index is 3.38. The molecule has 1 atom stereocenters. The van der Waals surface area contributed by atoms with E-state index in [0.29, 0.717) is 0 Å². The molecule has 0 aliphatic heterocycles. The molecule has 2 heteroatoms. The van der Waals surface area contributed by atoms with Crippen LogP contribution in [0.1, 0.15) is 5.56 Å². The Morgan fingerprint density at radius 2 is 1.86 bits per heavy atom. The Hall–Kier alpha value is -0.573. The first-order valence-corrected chi connectivity index (χ1v) is 8.90. The van der Waals surface area contributed by atoms with Crippen LogP contribution >= 0.6 is 9.24 Å². The van der Waals surface area contributed by atoms with Crippen molar-refractivity contribution in [2.75, 3.05) is 0 Å². The maximum Gasteiger partial charge on any atom is 0.129 e. The smallest absolute Gasteiger partial charge is 0.129 e. The first kappa shape index (κ1) is 11.5. The SMILES string of the molecule is C[Si](C)(C)C#CCc1ccccc1P. The van der Waals surface area contributed by atoms with Gasteiger partial charge in [-0.3, -0.25) is 0 Å². The van der Waals surface area contributed by atoms with Crippen molar-refractivity contribution in [2.45, 2.75) is 26.1 Å². The van der Waals surface area contributed by atoms with E-state index in [-0.39, 0.29) is 0 Å². The van der Waals surface area contributed by atoms with Gasteiger partial charge >= 0.3 is 0 Å². The van der Waals surface area contributed by atoms with Crippen molar-refractivity contribution >= 4 is 22.6 Å². The second-order valence-corrected chi connectivity index (χ2v) is 9.80. The van der Waals surface area contributed by atoms with Crippen molar-refractivity contribution in [2.24, 2.45) is 0 Å². The molecule has 1 aromatic carbocycles. The van der Waals surface area contributed by atoms with Gasteiger partial charge in [-0.05, 0) is 10.9 Å². The third-order valence-electron chi connectivity index (χ3n) is 1.80. The lowest BCUT2D eigenvalue weighted by Crippen LogP contribution is -2.16. The van der Waals surface area contributed by atoms with Crippen molar-refractivity contribution < 1.29 is 0 Å². The molecule has 0 aliphatic rings. The Balaban J connectivity index is 2.70. The first-order valence-electron chi connectivity index (χ1n) is 4.82. The fourth-order valence-corrected chi connectivity index (χ4v) is 2.03. The number of rotatable bonds is 1. The molecular weight excluding hydrogens is 203 g/mol. The molecule has 14 heavy (non-hydrogen) atoms. The van der Waals surface area contributed by atoms with Crippen LogP contribution in [-0.4, -0.2) is 8.07 Å². The Bertz CT molecular complexity index is 366. The molecule has 0 bridgehead atoms. The average Bonchev–Trinajstić information content (AvgIpc) is 2.06. The second-order valence-electron chi connectivity index (χ2n) is 4.43. The van der Waals surface area contributed by atoms with E-state index in [1.165, 1.54) is 10.9 Å². The molecule has 1 rings (SSSR count). The van der Waals surface area contributed by atoms with Gasteiger partial charge < -0.3 is 0 Å². The molecule has 0 aliphatic carbocycles. The van der Waals surface area contributed by atoms with E-state index in [0.717, 1.165) is 6.42 Å². The Morgan fingerprint density at radius 3 is 2.43 bits per heavy atom. The van der Waals surface area contributed by atoms with Gasteiger partial charge in [-0.25, -0.2) is 0 Å². The molecule has 0 nitrogen and oxygen atoms in total. The van der Waals surface area contributed by atoms with Crippen LogP contribution in [0.15, 0.2) is 24.3 Å². The van der Waals surface area contributed by atoms with Crippen molar-refractivity contribution in [3.63, 3.8) is 0 Å². The summed E-state index contributed by atoms with van der Waals surface area (Å²) >= 11 is 0. The van der Waals surface area contributed by atoms with E-state index in [9.17, 15) is 0 Å². The third-order valence-corrected chi connectivity index (χ3v) is 3.29. The zero-order valence-corrected chi connectivity index (χ0v) is 11.2. The van der Waals surface area contributed by atoms with Gasteiger partial charge in [-0.15, -0.1) is 20.7 Å². The number of hydrogen-bond acceptors (Lipinski definition) is 0. The minimum absolute atomic E-state index is 0.879. The lowest BCUT2D eigenvalue weighted by Gasteiger charge is -2.04. The van der Waals surface area contributed by atoms with Gasteiger partial charge in [0.25, 0.3) is 0 Å². The molecule has 0 saturated heterocycles. The predicted molar refractivity (Wildman–Crippen MR) is 70.6 cm³/mol. The lowest BCUT2D eigenvalue weighted by atomic mass is 10.2. The fraction of sp³-hybridized carbons (Fsp3) is 0.333. The zero-order valence-electron chi connectivity index (χ0n) is 9.09. The fourth-order valence-electron chi connectivity index (χ4n) is 1.10. The highest BCUT2D eigenvalue weighted by Gasteiger charge is 2.07. The van der Waals surface area contributed by atoms with Crippen molar-refractivity contribution in [3.05, 3.63) is 29.8 Å². The standard InChI is InChI=1S/C12H17PSi/c1-14(2,3)10-6-8-11-7-4-5-9-12(11)13/h4-5,7,9H,8,13H2,1-3H3. The van der Waals surface area contributed by atoms with Crippen LogP contribution in [0.5, 0.6) is 0 Å². The molecule has 0 N–H and O–H groups in total. The van der Waals surface area contributed by atoms with E-state index in [1.807, 2.05) is 0 Å². The van der Waals surface area contributed by atoms with Crippen LogP contribution in [-0.2, 0) is 6.42 Å². The van der Waals surface area contributed by atoms with Crippen LogP contribution in [0, 0.1) is 11.5 Å². The van der Waals surface area contributed by atoms with Crippen molar-refractivity contribution in [1.29, 1.82) is 0 Å². The molecule has 0 amide bonds. The van der Waals surface area contributed by atoms with Gasteiger partial charge in [0, 0.05) is 6.42 Å². The highest BCUT2D eigenvalue weighted by atomic mass is 31.0. The maximum absolute atomic E-state index is 3.38. The minimum Gasteiger partial charge on any atom is -0.132 e. The molecular formula is C12H17PSi. The summed E-state index contributed by atoms with van der Waals surface area (Å²) in [5, 5.41) is 1.26. The monoisotopic (exact) mass is 220 g/mol. The second kappa shape index (κ2) is 4.78. The minimum atomic E-state index is -1.20. The van der Waals surface area contributed by atoms with Crippen LogP contribution in [0.2, 0.25) is 19.6 Å². The summed E-state index contributed by atoms with van der Waals surface area (Å²) in [7, 11) is 1.56. The summed E-state index contributed by atoms with van der Waals surface area (Å²) in [4.78, 5) is 0. The Morgan fingerprint density at radius 1 is 1.21 bits per heavy atom. The molecule has 1 unspecified atom stereocenters. The van der Waals surface area contributed by atoms with Crippen LogP contribution < -0.4 is 5.30 Å². The summed E-state index contributed by atoms with van der Waals surface area (Å²) in [5.41, 5.74) is 4.70. The van der Waals surface area contributed by atoms with Crippen LogP contribution in [0.25, 0.3) is 0 Å². The van der Waals surface area contributed by atoms with E-state index in [2.05, 4.69) is 64.6 Å². The molecule has 0 saturated carbocycles. The number of benzene rings is 1. The van der Waals surface area contributed by atoms with Gasteiger partial charge in [0.2, 0.25) is 0 Å². The summed E-state index contributed by atoms with van der Waals surface area (Å²) < 4.78 is 0. The van der Waals surface area contributed by atoms with Gasteiger partial charge in [-0.1, -0.05) is 43.9 Å². The first-order chi connectivity index (χ1) is 6.49. The van der Waals surface area contributed by atoms with Crippen LogP contribution in [0.4, 0.5) is 0 Å². The third kappa shape index (κ3) is 4.09. The molecule has 0 fully saturated rings. The summed E-state index contributed by atoms with van der Waals surface area (Å²) in [6.45, 7) is 6.81. The summed E-state index contributed by atoms with van der Waals surface area (Å²) in [6.07, 6.45) is 0.879. The van der Waals surface area contributed by atoms with E-state index in [4.69, 9.17) is 0 Å². The topological polar surface area (TPSA) is 0 Å². The van der Waals surface area contributed by atoms with E-state index >= 15 is 0 Å². The lowest BCUT2D eigenvalue weighted by molar-refractivity contribution is 1.35. The van der Waals surface area contributed by atoms with Crippen molar-refractivity contribution in [3.8, 4) is 11.5 Å². The molecule has 0 radical (unpaired) electrons. The van der Waals surface area contributed by atoms with Gasteiger partial charge in [0.05, 0.1) is 0 Å². The highest BCUT2D eigenvalue weighted by molar-refractivity contribution is 7.27. The van der Waals surface area contributed by atoms with Gasteiger partial charge in [0.15, 0.2) is 0 Å². The summed E-state index contributed by atoms with van der Waals surface area (Å²) in [6, 6.07) is 8.37. The van der Waals surface area contributed by atoms with Crippen LogP contribution in [0.3, 0.4) is 0 Å².